The highest BCUT2D eigenvalue weighted by Gasteiger charge is 2.15. The van der Waals surface area contributed by atoms with Crippen molar-refractivity contribution < 1.29 is 5.11 Å². The van der Waals surface area contributed by atoms with Crippen LogP contribution in [0.1, 0.15) is 104 Å². The molecule has 0 aliphatic rings. The second kappa shape index (κ2) is 13.0. The highest BCUT2D eigenvalue weighted by Crippen LogP contribution is 2.18. The predicted octanol–water partition coefficient (Wildman–Crippen LogP) is 6.05. The minimum absolute atomic E-state index is 0.529. The van der Waals surface area contributed by atoms with Crippen LogP contribution in [0.4, 0.5) is 0 Å². The van der Waals surface area contributed by atoms with Crippen molar-refractivity contribution in [2.24, 2.45) is 0 Å². The molecule has 1 unspecified atom stereocenters. The normalized spacial score (nSPS) is 14.5. The molecular formula is C18H37O. The Kier molecular flexibility index (Phi) is 12.9. The first-order chi connectivity index (χ1) is 9.12. The molecule has 0 saturated heterocycles. The fourth-order valence-corrected chi connectivity index (χ4v) is 2.47. The average molecular weight is 269 g/mol. The number of aliphatic hydroxyl groups is 1. The lowest BCUT2D eigenvalue weighted by Crippen LogP contribution is -2.22. The van der Waals surface area contributed by atoms with Crippen molar-refractivity contribution >= 4 is 0 Å². The van der Waals surface area contributed by atoms with Crippen molar-refractivity contribution in [2.75, 3.05) is 0 Å². The Labute approximate surface area is 122 Å². The summed E-state index contributed by atoms with van der Waals surface area (Å²) in [7, 11) is 0. The smallest absolute Gasteiger partial charge is 0.0619 e. The lowest BCUT2D eigenvalue weighted by Gasteiger charge is -2.20. The van der Waals surface area contributed by atoms with E-state index < -0.39 is 5.60 Å². The van der Waals surface area contributed by atoms with E-state index in [2.05, 4.69) is 13.8 Å². The molecule has 0 saturated carbocycles. The summed E-state index contributed by atoms with van der Waals surface area (Å²) in [5.41, 5.74) is -0.529. The molecule has 1 heteroatoms. The van der Waals surface area contributed by atoms with E-state index in [0.29, 0.717) is 6.42 Å². The van der Waals surface area contributed by atoms with Crippen LogP contribution in [0, 0.1) is 6.92 Å². The third kappa shape index (κ3) is 14.2. The van der Waals surface area contributed by atoms with Gasteiger partial charge in [-0.2, -0.15) is 0 Å². The van der Waals surface area contributed by atoms with Gasteiger partial charge in [0.25, 0.3) is 0 Å². The van der Waals surface area contributed by atoms with E-state index in [4.69, 9.17) is 0 Å². The zero-order valence-electron chi connectivity index (χ0n) is 13.6. The van der Waals surface area contributed by atoms with Gasteiger partial charge in [-0.15, -0.1) is 0 Å². The molecule has 0 aromatic rings. The van der Waals surface area contributed by atoms with Gasteiger partial charge in [0.1, 0.15) is 0 Å². The summed E-state index contributed by atoms with van der Waals surface area (Å²) in [6.07, 6.45) is 18.0. The van der Waals surface area contributed by atoms with Gasteiger partial charge in [0, 0.05) is 0 Å². The maximum Gasteiger partial charge on any atom is 0.0619 e. The fourth-order valence-electron chi connectivity index (χ4n) is 2.47. The minimum atomic E-state index is -0.529. The fraction of sp³-hybridized carbons (Fsp3) is 0.944. The van der Waals surface area contributed by atoms with E-state index in [0.717, 1.165) is 12.8 Å². The van der Waals surface area contributed by atoms with Gasteiger partial charge in [-0.05, 0) is 19.8 Å². The van der Waals surface area contributed by atoms with Gasteiger partial charge in [-0.1, -0.05) is 90.9 Å². The Morgan fingerprint density at radius 3 is 1.47 bits per heavy atom. The molecule has 0 aliphatic carbocycles. The molecule has 1 radical (unpaired) electrons. The lowest BCUT2D eigenvalue weighted by atomic mass is 9.95. The predicted molar refractivity (Wildman–Crippen MR) is 86.3 cm³/mol. The van der Waals surface area contributed by atoms with Crippen LogP contribution >= 0.6 is 0 Å². The van der Waals surface area contributed by atoms with E-state index >= 15 is 0 Å². The van der Waals surface area contributed by atoms with Gasteiger partial charge in [0.15, 0.2) is 0 Å². The molecule has 0 bridgehead atoms. The first-order valence-electron chi connectivity index (χ1n) is 8.64. The summed E-state index contributed by atoms with van der Waals surface area (Å²) in [6.45, 7) is 7.96. The van der Waals surface area contributed by atoms with Crippen LogP contribution in [0.15, 0.2) is 0 Å². The monoisotopic (exact) mass is 269 g/mol. The highest BCUT2D eigenvalue weighted by molar-refractivity contribution is 4.72. The molecule has 0 amide bonds. The van der Waals surface area contributed by atoms with Crippen LogP contribution in [-0.4, -0.2) is 10.7 Å². The molecule has 1 atom stereocenters. The van der Waals surface area contributed by atoms with Crippen molar-refractivity contribution in [3.63, 3.8) is 0 Å². The molecular weight excluding hydrogens is 232 g/mol. The average Bonchev–Trinajstić information content (AvgIpc) is 2.40. The van der Waals surface area contributed by atoms with Crippen molar-refractivity contribution in [1.82, 2.24) is 0 Å². The zero-order valence-corrected chi connectivity index (χ0v) is 13.6. The topological polar surface area (TPSA) is 20.2 Å². The molecule has 1 nitrogen and oxygen atoms in total. The quantitative estimate of drug-likeness (QED) is 0.380. The number of unbranched alkanes of at least 4 members (excludes halogenated alkanes) is 11. The van der Waals surface area contributed by atoms with Gasteiger partial charge in [-0.3, -0.25) is 0 Å². The first kappa shape index (κ1) is 19.0. The summed E-state index contributed by atoms with van der Waals surface area (Å²) < 4.78 is 0. The molecule has 0 aromatic heterocycles. The van der Waals surface area contributed by atoms with Crippen LogP contribution < -0.4 is 0 Å². The highest BCUT2D eigenvalue weighted by atomic mass is 16.3. The second-order valence-corrected chi connectivity index (χ2v) is 6.39. The Balaban J connectivity index is 3.07. The van der Waals surface area contributed by atoms with Crippen LogP contribution in [0.5, 0.6) is 0 Å². The molecule has 0 fully saturated rings. The number of hydrogen-bond acceptors (Lipinski definition) is 1. The molecule has 0 aliphatic heterocycles. The van der Waals surface area contributed by atoms with E-state index in [1.165, 1.54) is 70.6 Å². The van der Waals surface area contributed by atoms with E-state index in [1.54, 1.807) is 0 Å². The van der Waals surface area contributed by atoms with E-state index in [-0.39, 0.29) is 0 Å². The third-order valence-electron chi connectivity index (χ3n) is 4.11. The summed E-state index contributed by atoms with van der Waals surface area (Å²) in [4.78, 5) is 0. The molecule has 0 spiro atoms. The largest absolute Gasteiger partial charge is 0.390 e. The van der Waals surface area contributed by atoms with E-state index in [1.807, 2.05) is 6.92 Å². The Hall–Kier alpha value is -0.0400. The van der Waals surface area contributed by atoms with Crippen LogP contribution in [0.2, 0.25) is 0 Å². The molecule has 0 rings (SSSR count). The number of hydrogen-bond donors (Lipinski definition) is 1. The van der Waals surface area contributed by atoms with Crippen LogP contribution in [-0.2, 0) is 0 Å². The van der Waals surface area contributed by atoms with Gasteiger partial charge in [-0.25, -0.2) is 0 Å². The van der Waals surface area contributed by atoms with Gasteiger partial charge in [0.2, 0.25) is 0 Å². The van der Waals surface area contributed by atoms with Crippen molar-refractivity contribution in [1.29, 1.82) is 0 Å². The third-order valence-corrected chi connectivity index (χ3v) is 4.11. The Morgan fingerprint density at radius 1 is 0.737 bits per heavy atom. The summed E-state index contributed by atoms with van der Waals surface area (Å²) in [6, 6.07) is 0. The van der Waals surface area contributed by atoms with Gasteiger partial charge in [0.05, 0.1) is 5.60 Å². The first-order valence-corrected chi connectivity index (χ1v) is 8.64. The van der Waals surface area contributed by atoms with Gasteiger partial charge < -0.3 is 5.11 Å². The Morgan fingerprint density at radius 2 is 1.11 bits per heavy atom. The summed E-state index contributed by atoms with van der Waals surface area (Å²) >= 11 is 0. The zero-order chi connectivity index (χ0) is 14.4. The molecule has 115 valence electrons. The van der Waals surface area contributed by atoms with Crippen LogP contribution in [0.3, 0.4) is 0 Å². The summed E-state index contributed by atoms with van der Waals surface area (Å²) in [5, 5.41) is 9.82. The standard InChI is InChI=1S/C18H37O/c1-4-6-7-8-9-10-11-12-13-14-15-16-17-18(3,19)5-2/h19H,2,4-17H2,1,3H3. The van der Waals surface area contributed by atoms with Crippen LogP contribution in [0.25, 0.3) is 0 Å². The molecule has 0 aromatic carbocycles. The number of rotatable bonds is 14. The molecule has 1 N–H and O–H groups in total. The van der Waals surface area contributed by atoms with Crippen molar-refractivity contribution in [3.05, 3.63) is 6.92 Å². The lowest BCUT2D eigenvalue weighted by molar-refractivity contribution is 0.0505. The van der Waals surface area contributed by atoms with Crippen molar-refractivity contribution in [2.45, 2.75) is 109 Å². The maximum absolute atomic E-state index is 9.82. The SMILES string of the molecule is [CH2]CC(C)(O)CCCCCCCCCCCCCC. The minimum Gasteiger partial charge on any atom is -0.390 e. The van der Waals surface area contributed by atoms with Gasteiger partial charge >= 0.3 is 0 Å². The summed E-state index contributed by atoms with van der Waals surface area (Å²) in [5.74, 6) is 0. The van der Waals surface area contributed by atoms with E-state index in [9.17, 15) is 5.11 Å². The molecule has 0 heterocycles. The molecule has 19 heavy (non-hydrogen) atoms. The second-order valence-electron chi connectivity index (χ2n) is 6.39. The Bertz CT molecular complexity index is 175. The maximum atomic E-state index is 9.82. The van der Waals surface area contributed by atoms with Crippen molar-refractivity contribution in [3.8, 4) is 0 Å².